The SMILES string of the molecule is COc1cc(/C=C2\N=C(c3ccc([N+](=O)[O-])c(C)c3)OC2=O)ccc1OCc1ccc(Cl)cc1. The Kier molecular flexibility index (Phi) is 6.60. The summed E-state index contributed by atoms with van der Waals surface area (Å²) in [6.07, 6.45) is 1.57. The van der Waals surface area contributed by atoms with Crippen LogP contribution in [0.5, 0.6) is 11.5 Å². The molecule has 0 spiro atoms. The molecule has 9 heteroatoms. The van der Waals surface area contributed by atoms with Gasteiger partial charge in [0, 0.05) is 22.2 Å². The second kappa shape index (κ2) is 9.76. The molecule has 1 aliphatic heterocycles. The number of halogens is 1. The van der Waals surface area contributed by atoms with Crippen molar-refractivity contribution in [1.82, 2.24) is 0 Å². The predicted octanol–water partition coefficient (Wildman–Crippen LogP) is 5.49. The Balaban J connectivity index is 1.54. The number of nitro groups is 1. The van der Waals surface area contributed by atoms with Crippen LogP contribution in [0, 0.1) is 17.0 Å². The minimum absolute atomic E-state index is 0.0186. The van der Waals surface area contributed by atoms with Crippen molar-refractivity contribution in [2.24, 2.45) is 4.99 Å². The van der Waals surface area contributed by atoms with Gasteiger partial charge in [0.2, 0.25) is 5.90 Å². The summed E-state index contributed by atoms with van der Waals surface area (Å²) in [5.74, 6) is 0.501. The molecule has 0 saturated carbocycles. The Labute approximate surface area is 200 Å². The highest BCUT2D eigenvalue weighted by atomic mass is 35.5. The highest BCUT2D eigenvalue weighted by molar-refractivity contribution is 6.30. The molecule has 34 heavy (non-hydrogen) atoms. The molecule has 0 saturated heterocycles. The highest BCUT2D eigenvalue weighted by Crippen LogP contribution is 2.31. The summed E-state index contributed by atoms with van der Waals surface area (Å²) >= 11 is 5.91. The molecule has 0 unspecified atom stereocenters. The molecule has 0 amide bonds. The Morgan fingerprint density at radius 3 is 2.53 bits per heavy atom. The number of aryl methyl sites for hydroxylation is 1. The van der Waals surface area contributed by atoms with Gasteiger partial charge in [-0.25, -0.2) is 9.79 Å². The molecule has 0 atom stereocenters. The van der Waals surface area contributed by atoms with Crippen LogP contribution in [0.3, 0.4) is 0 Å². The van der Waals surface area contributed by atoms with Crippen molar-refractivity contribution >= 4 is 35.2 Å². The van der Waals surface area contributed by atoms with Gasteiger partial charge in [-0.1, -0.05) is 29.8 Å². The van der Waals surface area contributed by atoms with E-state index in [1.54, 1.807) is 49.4 Å². The molecule has 1 heterocycles. The number of hydrogen-bond donors (Lipinski definition) is 0. The van der Waals surface area contributed by atoms with E-state index in [2.05, 4.69) is 4.99 Å². The second-order valence-electron chi connectivity index (χ2n) is 7.42. The molecule has 4 rings (SSSR count). The number of esters is 1. The van der Waals surface area contributed by atoms with Crippen LogP contribution in [0.1, 0.15) is 22.3 Å². The van der Waals surface area contributed by atoms with Crippen LogP contribution < -0.4 is 9.47 Å². The van der Waals surface area contributed by atoms with E-state index in [4.69, 9.17) is 25.8 Å². The molecule has 0 aromatic heterocycles. The van der Waals surface area contributed by atoms with Crippen LogP contribution in [0.4, 0.5) is 5.69 Å². The third kappa shape index (κ3) is 5.07. The Bertz CT molecular complexity index is 1330. The van der Waals surface area contributed by atoms with E-state index in [9.17, 15) is 14.9 Å². The molecule has 172 valence electrons. The summed E-state index contributed by atoms with van der Waals surface area (Å²) in [6.45, 7) is 1.95. The van der Waals surface area contributed by atoms with Gasteiger partial charge in [0.25, 0.3) is 5.69 Å². The van der Waals surface area contributed by atoms with Crippen molar-refractivity contribution < 1.29 is 23.9 Å². The first-order valence-electron chi connectivity index (χ1n) is 10.2. The zero-order valence-electron chi connectivity index (χ0n) is 18.3. The summed E-state index contributed by atoms with van der Waals surface area (Å²) < 4.78 is 16.6. The average molecular weight is 479 g/mol. The molecule has 3 aromatic rings. The van der Waals surface area contributed by atoms with Gasteiger partial charge in [-0.2, -0.15) is 0 Å². The highest BCUT2D eigenvalue weighted by Gasteiger charge is 2.25. The van der Waals surface area contributed by atoms with Gasteiger partial charge in [-0.05, 0) is 60.5 Å². The third-order valence-corrected chi connectivity index (χ3v) is 5.31. The van der Waals surface area contributed by atoms with Crippen molar-refractivity contribution in [1.29, 1.82) is 0 Å². The van der Waals surface area contributed by atoms with Crippen LogP contribution in [0.2, 0.25) is 5.02 Å². The second-order valence-corrected chi connectivity index (χ2v) is 7.86. The van der Waals surface area contributed by atoms with E-state index < -0.39 is 10.9 Å². The number of nitrogens with zero attached hydrogens (tertiary/aromatic N) is 2. The maximum absolute atomic E-state index is 12.3. The van der Waals surface area contributed by atoms with Crippen molar-refractivity contribution in [3.8, 4) is 11.5 Å². The fourth-order valence-corrected chi connectivity index (χ4v) is 3.44. The molecule has 8 nitrogen and oxygen atoms in total. The van der Waals surface area contributed by atoms with E-state index in [1.165, 1.54) is 19.2 Å². The number of nitro benzene ring substituents is 1. The van der Waals surface area contributed by atoms with Gasteiger partial charge in [-0.15, -0.1) is 0 Å². The molecule has 0 radical (unpaired) electrons. The fourth-order valence-electron chi connectivity index (χ4n) is 3.32. The number of ether oxygens (including phenoxy) is 3. The van der Waals surface area contributed by atoms with Gasteiger partial charge in [0.05, 0.1) is 12.0 Å². The van der Waals surface area contributed by atoms with Gasteiger partial charge in [0.1, 0.15) is 6.61 Å². The van der Waals surface area contributed by atoms with E-state index in [0.29, 0.717) is 39.8 Å². The number of methoxy groups -OCH3 is 1. The predicted molar refractivity (Wildman–Crippen MR) is 127 cm³/mol. The van der Waals surface area contributed by atoms with E-state index in [1.807, 2.05) is 12.1 Å². The monoisotopic (exact) mass is 478 g/mol. The summed E-state index contributed by atoms with van der Waals surface area (Å²) in [4.78, 5) is 27.2. The van der Waals surface area contributed by atoms with Gasteiger partial charge < -0.3 is 14.2 Å². The number of cyclic esters (lactones) is 1. The number of rotatable bonds is 7. The normalized spacial score (nSPS) is 14.0. The Hall–Kier alpha value is -4.17. The molecular weight excluding hydrogens is 460 g/mol. The topological polar surface area (TPSA) is 100 Å². The molecule has 1 aliphatic rings. The Morgan fingerprint density at radius 1 is 1.09 bits per heavy atom. The minimum Gasteiger partial charge on any atom is -0.493 e. The van der Waals surface area contributed by atoms with Crippen molar-refractivity contribution in [3.63, 3.8) is 0 Å². The van der Waals surface area contributed by atoms with Gasteiger partial charge >= 0.3 is 5.97 Å². The van der Waals surface area contributed by atoms with Crippen LogP contribution in [-0.2, 0) is 16.1 Å². The largest absolute Gasteiger partial charge is 0.493 e. The summed E-state index contributed by atoms with van der Waals surface area (Å²) in [7, 11) is 1.53. The van der Waals surface area contributed by atoms with Gasteiger partial charge in [0.15, 0.2) is 17.2 Å². The number of hydrogen-bond acceptors (Lipinski definition) is 7. The van der Waals surface area contributed by atoms with E-state index >= 15 is 0 Å². The first-order chi connectivity index (χ1) is 16.3. The third-order valence-electron chi connectivity index (χ3n) is 5.06. The first-order valence-corrected chi connectivity index (χ1v) is 10.5. The molecule has 3 aromatic carbocycles. The standard InChI is InChI=1S/C25H19ClN2O6/c1-15-11-18(6-9-21(15)28(30)31)24-27-20(25(29)34-24)12-17-5-10-22(23(13-17)32-2)33-14-16-3-7-19(26)8-4-16/h3-13H,14H2,1-2H3/b20-12-. The van der Waals surface area contributed by atoms with Crippen LogP contribution >= 0.6 is 11.6 Å². The van der Waals surface area contributed by atoms with Crippen LogP contribution in [0.25, 0.3) is 6.08 Å². The summed E-state index contributed by atoms with van der Waals surface area (Å²) in [6, 6.07) is 17.0. The zero-order valence-corrected chi connectivity index (χ0v) is 19.0. The fraction of sp³-hybridized carbons (Fsp3) is 0.120. The molecular formula is C25H19ClN2O6. The van der Waals surface area contributed by atoms with E-state index in [0.717, 1.165) is 5.56 Å². The van der Waals surface area contributed by atoms with Gasteiger partial charge in [-0.3, -0.25) is 10.1 Å². The number of aliphatic imine (C=N–C) groups is 1. The average Bonchev–Trinajstić information content (AvgIpc) is 3.18. The quantitative estimate of drug-likeness (QED) is 0.193. The number of carbonyl (C=O) groups excluding carboxylic acids is 1. The first kappa shape index (κ1) is 23.0. The molecule has 0 bridgehead atoms. The lowest BCUT2D eigenvalue weighted by molar-refractivity contribution is -0.385. The summed E-state index contributed by atoms with van der Waals surface area (Å²) in [5, 5.41) is 11.7. The van der Waals surface area contributed by atoms with Crippen molar-refractivity contribution in [3.05, 3.63) is 104 Å². The van der Waals surface area contributed by atoms with Crippen molar-refractivity contribution in [2.75, 3.05) is 7.11 Å². The van der Waals surface area contributed by atoms with E-state index in [-0.39, 0.29) is 17.3 Å². The maximum atomic E-state index is 12.3. The Morgan fingerprint density at radius 2 is 1.85 bits per heavy atom. The van der Waals surface area contributed by atoms with Crippen LogP contribution in [-0.4, -0.2) is 23.9 Å². The lowest BCUT2D eigenvalue weighted by Gasteiger charge is -2.11. The molecule has 0 fully saturated rings. The van der Waals surface area contributed by atoms with Crippen LogP contribution in [0.15, 0.2) is 71.4 Å². The minimum atomic E-state index is -0.618. The number of benzene rings is 3. The molecule has 0 N–H and O–H groups in total. The van der Waals surface area contributed by atoms with Crippen molar-refractivity contribution in [2.45, 2.75) is 13.5 Å². The number of carbonyl (C=O) groups is 1. The molecule has 0 aliphatic carbocycles. The smallest absolute Gasteiger partial charge is 0.363 e. The zero-order chi connectivity index (χ0) is 24.2. The summed E-state index contributed by atoms with van der Waals surface area (Å²) in [5.41, 5.74) is 2.61. The maximum Gasteiger partial charge on any atom is 0.363 e. The lowest BCUT2D eigenvalue weighted by Crippen LogP contribution is -2.06. The lowest BCUT2D eigenvalue weighted by atomic mass is 10.1.